The molecule has 0 unspecified atom stereocenters. The summed E-state index contributed by atoms with van der Waals surface area (Å²) in [6, 6.07) is 11.3. The van der Waals surface area contributed by atoms with E-state index in [1.165, 1.54) is 30.5 Å². The van der Waals surface area contributed by atoms with E-state index in [1.54, 1.807) is 31.2 Å². The predicted octanol–water partition coefficient (Wildman–Crippen LogP) is 4.44. The Morgan fingerprint density at radius 1 is 1.16 bits per heavy atom. The lowest BCUT2D eigenvalue weighted by Gasteiger charge is -2.39. The number of ether oxygens (including phenoxy) is 1. The zero-order valence-corrected chi connectivity index (χ0v) is 23.3. The average molecular weight is 611 g/mol. The molecule has 3 amide bonds. The Hall–Kier alpha value is -5.06. The molecular weight excluding hydrogens is 584 g/mol. The van der Waals surface area contributed by atoms with Gasteiger partial charge in [0.1, 0.15) is 29.6 Å². The molecule has 2 heterocycles. The molecule has 1 saturated heterocycles. The van der Waals surface area contributed by atoms with E-state index < -0.39 is 61.2 Å². The first-order valence-corrected chi connectivity index (χ1v) is 13.6. The summed E-state index contributed by atoms with van der Waals surface area (Å²) < 4.78 is 58.2. The summed E-state index contributed by atoms with van der Waals surface area (Å²) >= 11 is 0. The monoisotopic (exact) mass is 610 g/mol. The first kappa shape index (κ1) is 30.4. The van der Waals surface area contributed by atoms with Crippen LogP contribution in [-0.4, -0.2) is 52.3 Å². The number of carbonyl (C=O) groups excluding carboxylic acids is 3. The van der Waals surface area contributed by atoms with Crippen LogP contribution in [0.1, 0.15) is 48.5 Å². The van der Waals surface area contributed by atoms with Gasteiger partial charge in [-0.1, -0.05) is 30.3 Å². The van der Waals surface area contributed by atoms with E-state index in [4.69, 9.17) is 0 Å². The quantitative estimate of drug-likeness (QED) is 0.355. The normalized spacial score (nSPS) is 18.3. The van der Waals surface area contributed by atoms with Crippen LogP contribution in [0, 0.1) is 18.3 Å². The van der Waals surface area contributed by atoms with E-state index in [2.05, 4.69) is 20.0 Å². The van der Waals surface area contributed by atoms with Crippen molar-refractivity contribution in [3.63, 3.8) is 0 Å². The van der Waals surface area contributed by atoms with Crippen molar-refractivity contribution < 1.29 is 36.7 Å². The lowest BCUT2D eigenvalue weighted by Crippen LogP contribution is -2.56. The second-order valence-corrected chi connectivity index (χ2v) is 10.5. The lowest BCUT2D eigenvalue weighted by molar-refractivity contribution is -0.133. The summed E-state index contributed by atoms with van der Waals surface area (Å²) in [5.41, 5.74) is 0.836. The van der Waals surface area contributed by atoms with Crippen LogP contribution in [0.25, 0.3) is 0 Å². The van der Waals surface area contributed by atoms with Crippen molar-refractivity contribution in [2.24, 2.45) is 0 Å². The number of hydrogen-bond donors (Lipinski definition) is 1. The number of nitrogens with one attached hydrogen (secondary N) is 1. The maximum absolute atomic E-state index is 14.6. The molecule has 5 rings (SSSR count). The highest BCUT2D eigenvalue weighted by Gasteiger charge is 2.48. The van der Waals surface area contributed by atoms with Crippen LogP contribution in [-0.2, 0) is 14.4 Å². The maximum atomic E-state index is 14.6. The zero-order chi connectivity index (χ0) is 31.6. The number of hydrogen-bond acceptors (Lipinski definition) is 7. The Balaban J connectivity index is 1.63. The second kappa shape index (κ2) is 12.3. The minimum absolute atomic E-state index is 0.0154. The van der Waals surface area contributed by atoms with Crippen LogP contribution in [0.5, 0.6) is 5.75 Å². The number of halogens is 4. The Morgan fingerprint density at radius 2 is 1.91 bits per heavy atom. The zero-order valence-electron chi connectivity index (χ0n) is 23.3. The minimum Gasteiger partial charge on any atom is -0.435 e. The molecule has 0 spiro atoms. The van der Waals surface area contributed by atoms with Crippen LogP contribution in [0.15, 0.2) is 60.8 Å². The van der Waals surface area contributed by atoms with Crippen molar-refractivity contribution in [1.29, 1.82) is 5.26 Å². The smallest absolute Gasteiger partial charge is 0.387 e. The molecule has 1 aromatic heterocycles. The summed E-state index contributed by atoms with van der Waals surface area (Å²) in [7, 11) is 0. The highest BCUT2D eigenvalue weighted by atomic mass is 19.3. The van der Waals surface area contributed by atoms with Gasteiger partial charge in [-0.05, 0) is 42.7 Å². The van der Waals surface area contributed by atoms with Crippen LogP contribution in [0.3, 0.4) is 0 Å². The van der Waals surface area contributed by atoms with Gasteiger partial charge in [0.15, 0.2) is 0 Å². The van der Waals surface area contributed by atoms with Crippen LogP contribution >= 0.6 is 0 Å². The first-order chi connectivity index (χ1) is 21.0. The number of rotatable bonds is 9. The van der Waals surface area contributed by atoms with Gasteiger partial charge in [-0.15, -0.1) is 0 Å². The Bertz CT molecular complexity index is 1620. The van der Waals surface area contributed by atoms with Crippen LogP contribution in [0.4, 0.5) is 29.2 Å². The molecule has 1 aliphatic carbocycles. The van der Waals surface area contributed by atoms with E-state index in [0.29, 0.717) is 11.1 Å². The largest absolute Gasteiger partial charge is 0.435 e. The number of anilines is 2. The Kier molecular flexibility index (Phi) is 8.48. The Morgan fingerprint density at radius 3 is 2.59 bits per heavy atom. The van der Waals surface area contributed by atoms with E-state index in [0.717, 1.165) is 15.9 Å². The fourth-order valence-corrected chi connectivity index (χ4v) is 5.40. The molecular formula is C30H26F4N6O4. The van der Waals surface area contributed by atoms with Gasteiger partial charge in [0, 0.05) is 43.3 Å². The van der Waals surface area contributed by atoms with Gasteiger partial charge in [-0.25, -0.2) is 18.7 Å². The standard InChI is InChI=1S/C30H26F4N6O4/c1-17-5-2-3-8-22(17)25(26(42)37-19-14-30(33,34)15-19)39(20-6-4-7-21(13-20)44-28(31)32)27(43)23-9-10-24(41)40(23)29-36-12-11-18(16-35)38-29/h2-8,11-13,19,23,25,28H,9-10,14-15H2,1H3,(H,37,42)/t23-,25-/m0/s1. The van der Waals surface area contributed by atoms with Gasteiger partial charge in [0.05, 0.1) is 0 Å². The Labute approximate surface area is 249 Å². The van der Waals surface area contributed by atoms with E-state index >= 15 is 0 Å². The first-order valence-electron chi connectivity index (χ1n) is 13.6. The fourth-order valence-electron chi connectivity index (χ4n) is 5.40. The molecule has 44 heavy (non-hydrogen) atoms. The highest BCUT2D eigenvalue weighted by Crippen LogP contribution is 2.39. The fraction of sp³-hybridized carbons (Fsp3) is 0.333. The van der Waals surface area contributed by atoms with Crippen LogP contribution < -0.4 is 19.9 Å². The minimum atomic E-state index is -3.18. The maximum Gasteiger partial charge on any atom is 0.387 e. The number of nitriles is 1. The molecule has 1 aliphatic heterocycles. The van der Waals surface area contributed by atoms with Crippen molar-refractivity contribution in [1.82, 2.24) is 15.3 Å². The summed E-state index contributed by atoms with van der Waals surface area (Å²) in [5.74, 6) is -5.53. The summed E-state index contributed by atoms with van der Waals surface area (Å²) in [6.07, 6.45) is -0.00451. The molecule has 2 aliphatic rings. The third-order valence-electron chi connectivity index (χ3n) is 7.45. The average Bonchev–Trinajstić information content (AvgIpc) is 3.36. The third-order valence-corrected chi connectivity index (χ3v) is 7.45. The number of benzene rings is 2. The molecule has 1 saturated carbocycles. The van der Waals surface area contributed by atoms with Gasteiger partial charge in [0.2, 0.25) is 17.8 Å². The predicted molar refractivity (Wildman–Crippen MR) is 148 cm³/mol. The molecule has 3 aromatic rings. The molecule has 2 atom stereocenters. The van der Waals surface area contributed by atoms with Crippen molar-refractivity contribution in [2.45, 2.75) is 63.3 Å². The van der Waals surface area contributed by atoms with Crippen molar-refractivity contribution in [2.75, 3.05) is 9.80 Å². The summed E-state index contributed by atoms with van der Waals surface area (Å²) in [6.45, 7) is -1.49. The molecule has 2 aromatic carbocycles. The van der Waals surface area contributed by atoms with Gasteiger partial charge < -0.3 is 10.1 Å². The van der Waals surface area contributed by atoms with E-state index in [-0.39, 0.29) is 35.9 Å². The number of carbonyl (C=O) groups is 3. The molecule has 14 heteroatoms. The number of nitrogens with zero attached hydrogens (tertiary/aromatic N) is 5. The second-order valence-electron chi connectivity index (χ2n) is 10.5. The summed E-state index contributed by atoms with van der Waals surface area (Å²) in [4.78, 5) is 51.8. The summed E-state index contributed by atoms with van der Waals surface area (Å²) in [5, 5.41) is 11.9. The number of amides is 3. The van der Waals surface area contributed by atoms with E-state index in [1.807, 2.05) is 6.07 Å². The highest BCUT2D eigenvalue weighted by molar-refractivity contribution is 6.10. The lowest BCUT2D eigenvalue weighted by atomic mass is 9.87. The number of alkyl halides is 4. The van der Waals surface area contributed by atoms with Gasteiger partial charge in [0.25, 0.3) is 11.8 Å². The van der Waals surface area contributed by atoms with Gasteiger partial charge >= 0.3 is 6.61 Å². The molecule has 0 radical (unpaired) electrons. The topological polar surface area (TPSA) is 129 Å². The molecule has 2 fully saturated rings. The van der Waals surface area contributed by atoms with Crippen LogP contribution in [0.2, 0.25) is 0 Å². The molecule has 1 N–H and O–H groups in total. The van der Waals surface area contributed by atoms with Crippen molar-refractivity contribution in [3.05, 3.63) is 77.6 Å². The number of aromatic nitrogens is 2. The van der Waals surface area contributed by atoms with Gasteiger partial charge in [-0.3, -0.25) is 24.2 Å². The van der Waals surface area contributed by atoms with E-state index in [9.17, 15) is 37.2 Å². The molecule has 228 valence electrons. The number of aryl methyl sites for hydroxylation is 1. The van der Waals surface area contributed by atoms with Gasteiger partial charge in [-0.2, -0.15) is 14.0 Å². The van der Waals surface area contributed by atoms with Crippen molar-refractivity contribution in [3.8, 4) is 11.8 Å². The van der Waals surface area contributed by atoms with Crippen molar-refractivity contribution >= 4 is 29.4 Å². The third kappa shape index (κ3) is 6.31. The SMILES string of the molecule is Cc1ccccc1[C@@H](C(=O)NC1CC(F)(F)C1)N(C(=O)[C@@H]1CCC(=O)N1c1nccc(C#N)n1)c1cccc(OC(F)F)c1. The molecule has 10 nitrogen and oxygen atoms in total. The molecule has 0 bridgehead atoms.